The SMILES string of the molecule is CCOc1ccc(/C(=C\C(=O)N2CCN(C(=O)c3cc(OC)c(OC)c(OC)c3)CC2)c2ccccc2)cc1OC. The molecule has 1 aliphatic rings. The third-order valence-corrected chi connectivity index (χ3v) is 6.92. The standard InChI is InChI=1S/C32H36N2O7/c1-6-41-26-13-12-23(18-27(26)37-2)25(22-10-8-7-9-11-22)21-30(35)33-14-16-34(17-15-33)32(36)24-19-28(38-3)31(40-5)29(20-24)39-4/h7-13,18-21H,6,14-17H2,1-5H3/b25-21-. The molecule has 1 heterocycles. The minimum atomic E-state index is -0.168. The van der Waals surface area contributed by atoms with Gasteiger partial charge in [0.2, 0.25) is 11.7 Å². The molecule has 0 aliphatic carbocycles. The van der Waals surface area contributed by atoms with E-state index in [9.17, 15) is 9.59 Å². The van der Waals surface area contributed by atoms with Gasteiger partial charge in [-0.05, 0) is 47.9 Å². The fourth-order valence-corrected chi connectivity index (χ4v) is 4.79. The Morgan fingerprint density at radius 3 is 1.83 bits per heavy atom. The van der Waals surface area contributed by atoms with Crippen LogP contribution in [0.15, 0.2) is 66.7 Å². The van der Waals surface area contributed by atoms with E-state index < -0.39 is 0 Å². The predicted octanol–water partition coefficient (Wildman–Crippen LogP) is 4.54. The van der Waals surface area contributed by atoms with Crippen LogP contribution in [0.5, 0.6) is 28.7 Å². The van der Waals surface area contributed by atoms with E-state index in [0.717, 1.165) is 16.7 Å². The van der Waals surface area contributed by atoms with Gasteiger partial charge in [-0.15, -0.1) is 0 Å². The summed E-state index contributed by atoms with van der Waals surface area (Å²) in [6.07, 6.45) is 1.65. The van der Waals surface area contributed by atoms with E-state index in [1.54, 1.807) is 35.1 Å². The van der Waals surface area contributed by atoms with Crippen LogP contribution in [0.1, 0.15) is 28.4 Å². The summed E-state index contributed by atoms with van der Waals surface area (Å²) in [6.45, 7) is 4.03. The lowest BCUT2D eigenvalue weighted by atomic mass is 9.96. The molecule has 0 atom stereocenters. The Labute approximate surface area is 240 Å². The number of amides is 2. The molecule has 1 saturated heterocycles. The summed E-state index contributed by atoms with van der Waals surface area (Å²) in [5.41, 5.74) is 2.94. The van der Waals surface area contributed by atoms with Crippen LogP contribution >= 0.6 is 0 Å². The van der Waals surface area contributed by atoms with Gasteiger partial charge in [-0.1, -0.05) is 36.4 Å². The summed E-state index contributed by atoms with van der Waals surface area (Å²) in [4.78, 5) is 30.3. The molecule has 4 rings (SSSR count). The normalized spacial score (nSPS) is 13.4. The third-order valence-electron chi connectivity index (χ3n) is 6.92. The molecule has 1 fully saturated rings. The lowest BCUT2D eigenvalue weighted by molar-refractivity contribution is -0.127. The number of benzene rings is 3. The van der Waals surface area contributed by atoms with Crippen molar-refractivity contribution in [3.05, 3.63) is 83.4 Å². The minimum Gasteiger partial charge on any atom is -0.493 e. The van der Waals surface area contributed by atoms with Crippen molar-refractivity contribution in [3.63, 3.8) is 0 Å². The van der Waals surface area contributed by atoms with Crippen LogP contribution in [0.3, 0.4) is 0 Å². The molecule has 1 aliphatic heterocycles. The summed E-state index contributed by atoms with van der Waals surface area (Å²) in [5, 5.41) is 0. The highest BCUT2D eigenvalue weighted by atomic mass is 16.5. The Balaban J connectivity index is 1.53. The van der Waals surface area contributed by atoms with Crippen LogP contribution in [0, 0.1) is 0 Å². The van der Waals surface area contributed by atoms with Crippen LogP contribution in [-0.4, -0.2) is 82.8 Å². The van der Waals surface area contributed by atoms with Crippen LogP contribution in [0.2, 0.25) is 0 Å². The highest BCUT2D eigenvalue weighted by Crippen LogP contribution is 2.38. The first kappa shape index (κ1) is 29.3. The first-order valence-electron chi connectivity index (χ1n) is 13.4. The molecule has 3 aromatic carbocycles. The zero-order valence-electron chi connectivity index (χ0n) is 24.1. The van der Waals surface area contributed by atoms with Crippen molar-refractivity contribution < 1.29 is 33.3 Å². The van der Waals surface area contributed by atoms with Gasteiger partial charge in [-0.3, -0.25) is 9.59 Å². The maximum atomic E-state index is 13.5. The lowest BCUT2D eigenvalue weighted by Gasteiger charge is -2.34. The molecule has 0 bridgehead atoms. The van der Waals surface area contributed by atoms with E-state index >= 15 is 0 Å². The number of rotatable bonds is 10. The fourth-order valence-electron chi connectivity index (χ4n) is 4.79. The van der Waals surface area contributed by atoms with Gasteiger partial charge in [0.25, 0.3) is 5.91 Å². The Bertz CT molecular complexity index is 1370. The van der Waals surface area contributed by atoms with Crippen LogP contribution in [-0.2, 0) is 4.79 Å². The van der Waals surface area contributed by atoms with Gasteiger partial charge < -0.3 is 33.5 Å². The molecule has 3 aromatic rings. The second-order valence-electron chi connectivity index (χ2n) is 9.25. The quantitative estimate of drug-likeness (QED) is 0.337. The van der Waals surface area contributed by atoms with Crippen molar-refractivity contribution in [2.45, 2.75) is 6.92 Å². The second-order valence-corrected chi connectivity index (χ2v) is 9.25. The van der Waals surface area contributed by atoms with E-state index in [0.29, 0.717) is 67.1 Å². The Morgan fingerprint density at radius 2 is 1.27 bits per heavy atom. The van der Waals surface area contributed by atoms with Crippen molar-refractivity contribution in [2.75, 3.05) is 61.2 Å². The van der Waals surface area contributed by atoms with Crippen molar-refractivity contribution >= 4 is 17.4 Å². The molecule has 9 heteroatoms. The Morgan fingerprint density at radius 1 is 0.683 bits per heavy atom. The molecule has 0 aromatic heterocycles. The highest BCUT2D eigenvalue weighted by Gasteiger charge is 2.26. The smallest absolute Gasteiger partial charge is 0.254 e. The van der Waals surface area contributed by atoms with E-state index in [1.165, 1.54) is 21.3 Å². The number of hydrogen-bond acceptors (Lipinski definition) is 7. The number of carbonyl (C=O) groups is 2. The average molecular weight is 561 g/mol. The number of piperazine rings is 1. The van der Waals surface area contributed by atoms with Crippen LogP contribution in [0.4, 0.5) is 0 Å². The van der Waals surface area contributed by atoms with Gasteiger partial charge in [0.05, 0.1) is 35.0 Å². The molecule has 0 unspecified atom stereocenters. The summed E-state index contributed by atoms with van der Waals surface area (Å²) >= 11 is 0. The first-order valence-corrected chi connectivity index (χ1v) is 13.4. The van der Waals surface area contributed by atoms with Crippen LogP contribution in [0.25, 0.3) is 5.57 Å². The van der Waals surface area contributed by atoms with Gasteiger partial charge in [0.15, 0.2) is 23.0 Å². The van der Waals surface area contributed by atoms with Crippen molar-refractivity contribution in [1.29, 1.82) is 0 Å². The highest BCUT2D eigenvalue weighted by molar-refractivity contribution is 6.00. The Kier molecular flexibility index (Phi) is 9.73. The Hall–Kier alpha value is -4.66. The zero-order chi connectivity index (χ0) is 29.4. The molecule has 9 nitrogen and oxygen atoms in total. The monoisotopic (exact) mass is 560 g/mol. The van der Waals surface area contributed by atoms with Crippen molar-refractivity contribution in [3.8, 4) is 28.7 Å². The summed E-state index contributed by atoms with van der Waals surface area (Å²) < 4.78 is 27.4. The van der Waals surface area contributed by atoms with E-state index in [1.807, 2.05) is 55.5 Å². The van der Waals surface area contributed by atoms with E-state index in [-0.39, 0.29) is 11.8 Å². The van der Waals surface area contributed by atoms with Gasteiger partial charge in [-0.2, -0.15) is 0 Å². The molecule has 0 N–H and O–H groups in total. The fraction of sp³-hybridized carbons (Fsp3) is 0.312. The molecule has 41 heavy (non-hydrogen) atoms. The third kappa shape index (κ3) is 6.57. The zero-order valence-corrected chi connectivity index (χ0v) is 24.1. The van der Waals surface area contributed by atoms with E-state index in [4.69, 9.17) is 23.7 Å². The van der Waals surface area contributed by atoms with Crippen molar-refractivity contribution in [1.82, 2.24) is 9.80 Å². The molecular weight excluding hydrogens is 524 g/mol. The number of methoxy groups -OCH3 is 4. The summed E-state index contributed by atoms with van der Waals surface area (Å²) in [7, 11) is 6.13. The molecule has 2 amide bonds. The van der Waals surface area contributed by atoms with Gasteiger partial charge in [-0.25, -0.2) is 0 Å². The molecule has 216 valence electrons. The molecule has 0 spiro atoms. The number of carbonyl (C=O) groups excluding carboxylic acids is 2. The first-order chi connectivity index (χ1) is 19.9. The number of hydrogen-bond donors (Lipinski definition) is 0. The van der Waals surface area contributed by atoms with Gasteiger partial charge >= 0.3 is 0 Å². The largest absolute Gasteiger partial charge is 0.493 e. The maximum Gasteiger partial charge on any atom is 0.254 e. The molecule has 0 saturated carbocycles. The van der Waals surface area contributed by atoms with Crippen molar-refractivity contribution in [2.24, 2.45) is 0 Å². The topological polar surface area (TPSA) is 86.8 Å². The minimum absolute atomic E-state index is 0.128. The number of nitrogens with zero attached hydrogens (tertiary/aromatic N) is 2. The number of ether oxygens (including phenoxy) is 5. The van der Waals surface area contributed by atoms with E-state index in [2.05, 4.69) is 0 Å². The lowest BCUT2D eigenvalue weighted by Crippen LogP contribution is -2.50. The predicted molar refractivity (Wildman–Crippen MR) is 156 cm³/mol. The molecule has 0 radical (unpaired) electrons. The summed E-state index contributed by atoms with van der Waals surface area (Å²) in [6, 6.07) is 18.7. The summed E-state index contributed by atoms with van der Waals surface area (Å²) in [5.74, 6) is 2.19. The van der Waals surface area contributed by atoms with Gasteiger partial charge in [0, 0.05) is 37.8 Å². The maximum absolute atomic E-state index is 13.5. The van der Waals surface area contributed by atoms with Gasteiger partial charge in [0.1, 0.15) is 0 Å². The second kappa shape index (κ2) is 13.6. The molecular formula is C32H36N2O7. The van der Waals surface area contributed by atoms with Crippen LogP contribution < -0.4 is 23.7 Å². The average Bonchev–Trinajstić information content (AvgIpc) is 3.03.